The van der Waals surface area contributed by atoms with Crippen molar-refractivity contribution >= 4 is 19.9 Å². The molecule has 3 aromatic carbocycles. The largest absolute Gasteiger partial charge is 0.240 e. The molecule has 0 bridgehead atoms. The van der Waals surface area contributed by atoms with E-state index in [-0.39, 0.29) is 22.1 Å². The Hall–Kier alpha value is -2.48. The van der Waals surface area contributed by atoms with Crippen LogP contribution in [0.15, 0.2) is 94.7 Å². The Morgan fingerprint density at radius 3 is 1.67 bits per heavy atom. The molecule has 1 N–H and O–H groups in total. The van der Waals surface area contributed by atoms with Gasteiger partial charge in [0.15, 0.2) is 9.84 Å². The summed E-state index contributed by atoms with van der Waals surface area (Å²) in [5.41, 5.74) is 1.19. The van der Waals surface area contributed by atoms with Gasteiger partial charge >= 0.3 is 0 Å². The second kappa shape index (κ2) is 8.04. The van der Waals surface area contributed by atoms with Crippen molar-refractivity contribution in [3.63, 3.8) is 0 Å². The zero-order valence-electron chi connectivity index (χ0n) is 14.4. The van der Waals surface area contributed by atoms with E-state index in [1.165, 1.54) is 12.1 Å². The standard InChI is InChI=1S/C20H19NO4S2/c22-26(23,19-11-3-1-4-12-19)16-18-10-8-7-9-17(18)15-21-27(24,25)20-13-5-2-6-14-20/h1-14,21H,15-16H2. The number of sulfonamides is 1. The van der Waals surface area contributed by atoms with Crippen LogP contribution in [0.5, 0.6) is 0 Å². The Morgan fingerprint density at radius 1 is 0.593 bits per heavy atom. The predicted molar refractivity (Wildman–Crippen MR) is 104 cm³/mol. The summed E-state index contributed by atoms with van der Waals surface area (Å²) in [7, 11) is -7.19. The summed E-state index contributed by atoms with van der Waals surface area (Å²) in [6, 6.07) is 23.2. The molecule has 0 aliphatic carbocycles. The number of benzene rings is 3. The van der Waals surface area contributed by atoms with E-state index in [0.717, 1.165) is 0 Å². The van der Waals surface area contributed by atoms with Crippen LogP contribution in [-0.4, -0.2) is 16.8 Å². The summed E-state index contributed by atoms with van der Waals surface area (Å²) < 4.78 is 52.6. The normalized spacial score (nSPS) is 12.0. The van der Waals surface area contributed by atoms with E-state index in [9.17, 15) is 16.8 Å². The van der Waals surface area contributed by atoms with Crippen LogP contribution in [0.2, 0.25) is 0 Å². The summed E-state index contributed by atoms with van der Waals surface area (Å²) in [5.74, 6) is -0.194. The van der Waals surface area contributed by atoms with Crippen LogP contribution in [0.4, 0.5) is 0 Å². The highest BCUT2D eigenvalue weighted by molar-refractivity contribution is 7.90. The highest BCUT2D eigenvalue weighted by Crippen LogP contribution is 2.19. The molecule has 0 amide bonds. The van der Waals surface area contributed by atoms with Crippen molar-refractivity contribution in [1.82, 2.24) is 4.72 Å². The number of sulfone groups is 1. The van der Waals surface area contributed by atoms with Gasteiger partial charge in [0.2, 0.25) is 10.0 Å². The SMILES string of the molecule is O=S(=O)(Cc1ccccc1CNS(=O)(=O)c1ccccc1)c1ccccc1. The molecule has 0 radical (unpaired) electrons. The van der Waals surface area contributed by atoms with Crippen molar-refractivity contribution in [3.05, 3.63) is 96.1 Å². The zero-order valence-corrected chi connectivity index (χ0v) is 16.1. The first-order valence-electron chi connectivity index (χ1n) is 8.28. The number of hydrogen-bond acceptors (Lipinski definition) is 4. The number of hydrogen-bond donors (Lipinski definition) is 1. The maximum absolute atomic E-state index is 12.6. The molecular formula is C20H19NO4S2. The minimum absolute atomic E-state index is 0.0116. The average molecular weight is 402 g/mol. The molecular weight excluding hydrogens is 382 g/mol. The monoisotopic (exact) mass is 401 g/mol. The highest BCUT2D eigenvalue weighted by Gasteiger charge is 2.18. The lowest BCUT2D eigenvalue weighted by Gasteiger charge is -2.12. The van der Waals surface area contributed by atoms with E-state index in [1.54, 1.807) is 72.8 Å². The molecule has 0 aliphatic rings. The van der Waals surface area contributed by atoms with Crippen LogP contribution in [0, 0.1) is 0 Å². The second-order valence-electron chi connectivity index (χ2n) is 5.98. The molecule has 140 valence electrons. The van der Waals surface area contributed by atoms with Gasteiger partial charge in [0.1, 0.15) is 0 Å². The van der Waals surface area contributed by atoms with Gasteiger partial charge in [0.05, 0.1) is 15.5 Å². The van der Waals surface area contributed by atoms with Crippen LogP contribution in [0.3, 0.4) is 0 Å². The fourth-order valence-electron chi connectivity index (χ4n) is 2.64. The molecule has 5 nitrogen and oxygen atoms in total. The van der Waals surface area contributed by atoms with Crippen LogP contribution < -0.4 is 4.72 Å². The first-order chi connectivity index (χ1) is 12.9. The smallest absolute Gasteiger partial charge is 0.223 e. The third kappa shape index (κ3) is 4.82. The quantitative estimate of drug-likeness (QED) is 0.660. The van der Waals surface area contributed by atoms with Gasteiger partial charge in [-0.2, -0.15) is 0 Å². The van der Waals surface area contributed by atoms with Crippen LogP contribution in [0.1, 0.15) is 11.1 Å². The fraction of sp³-hybridized carbons (Fsp3) is 0.100. The molecule has 0 heterocycles. The van der Waals surface area contributed by atoms with Gasteiger partial charge in [-0.3, -0.25) is 0 Å². The number of rotatable bonds is 7. The molecule has 0 aliphatic heterocycles. The molecule has 0 saturated heterocycles. The summed E-state index contributed by atoms with van der Waals surface area (Å²) in [6.07, 6.45) is 0. The lowest BCUT2D eigenvalue weighted by atomic mass is 10.1. The lowest BCUT2D eigenvalue weighted by Crippen LogP contribution is -2.24. The van der Waals surface area contributed by atoms with Crippen LogP contribution >= 0.6 is 0 Å². The van der Waals surface area contributed by atoms with E-state index >= 15 is 0 Å². The molecule has 3 rings (SSSR count). The average Bonchev–Trinajstić information content (AvgIpc) is 2.68. The van der Waals surface area contributed by atoms with Gasteiger partial charge in [-0.15, -0.1) is 0 Å². The van der Waals surface area contributed by atoms with Crippen molar-refractivity contribution < 1.29 is 16.8 Å². The third-order valence-electron chi connectivity index (χ3n) is 4.07. The van der Waals surface area contributed by atoms with Crippen LogP contribution in [0.25, 0.3) is 0 Å². The molecule has 0 unspecified atom stereocenters. The lowest BCUT2D eigenvalue weighted by molar-refractivity contribution is 0.581. The van der Waals surface area contributed by atoms with Gasteiger partial charge in [-0.05, 0) is 35.4 Å². The molecule has 0 atom stereocenters. The van der Waals surface area contributed by atoms with E-state index < -0.39 is 19.9 Å². The van der Waals surface area contributed by atoms with E-state index in [2.05, 4.69) is 4.72 Å². The molecule has 7 heteroatoms. The van der Waals surface area contributed by atoms with Crippen molar-refractivity contribution in [2.45, 2.75) is 22.1 Å². The summed E-state index contributed by atoms with van der Waals surface area (Å²) in [5, 5.41) is 0. The van der Waals surface area contributed by atoms with Gasteiger partial charge in [0, 0.05) is 6.54 Å². The van der Waals surface area contributed by atoms with Gasteiger partial charge in [-0.1, -0.05) is 60.7 Å². The van der Waals surface area contributed by atoms with E-state index in [4.69, 9.17) is 0 Å². The molecule has 3 aromatic rings. The fourth-order valence-corrected chi connectivity index (χ4v) is 5.10. The topological polar surface area (TPSA) is 80.3 Å². The predicted octanol–water partition coefficient (Wildman–Crippen LogP) is 3.14. The van der Waals surface area contributed by atoms with Crippen molar-refractivity contribution in [2.24, 2.45) is 0 Å². The van der Waals surface area contributed by atoms with Crippen molar-refractivity contribution in [1.29, 1.82) is 0 Å². The Labute approximate surface area is 159 Å². The molecule has 27 heavy (non-hydrogen) atoms. The summed E-state index contributed by atoms with van der Waals surface area (Å²) >= 11 is 0. The maximum Gasteiger partial charge on any atom is 0.240 e. The maximum atomic E-state index is 12.6. The van der Waals surface area contributed by atoms with Gasteiger partial charge < -0.3 is 0 Å². The van der Waals surface area contributed by atoms with Gasteiger partial charge in [0.25, 0.3) is 0 Å². The second-order valence-corrected chi connectivity index (χ2v) is 9.73. The summed E-state index contributed by atoms with van der Waals surface area (Å²) in [6.45, 7) is 0.0116. The first kappa shape index (κ1) is 19.3. The summed E-state index contributed by atoms with van der Waals surface area (Å²) in [4.78, 5) is 0.407. The van der Waals surface area contributed by atoms with Crippen molar-refractivity contribution in [2.75, 3.05) is 0 Å². The Balaban J connectivity index is 1.81. The molecule has 0 aromatic heterocycles. The van der Waals surface area contributed by atoms with E-state index in [0.29, 0.717) is 11.1 Å². The third-order valence-corrected chi connectivity index (χ3v) is 7.17. The molecule has 0 saturated carbocycles. The minimum Gasteiger partial charge on any atom is -0.223 e. The van der Waals surface area contributed by atoms with Crippen LogP contribution in [-0.2, 0) is 32.2 Å². The van der Waals surface area contributed by atoms with Gasteiger partial charge in [-0.25, -0.2) is 21.6 Å². The Morgan fingerprint density at radius 2 is 1.07 bits per heavy atom. The minimum atomic E-state index is -3.67. The molecule has 0 spiro atoms. The first-order valence-corrected chi connectivity index (χ1v) is 11.4. The van der Waals surface area contributed by atoms with Crippen molar-refractivity contribution in [3.8, 4) is 0 Å². The highest BCUT2D eigenvalue weighted by atomic mass is 32.2. The number of nitrogens with one attached hydrogen (secondary N) is 1. The zero-order chi connectivity index (χ0) is 19.3. The van der Waals surface area contributed by atoms with E-state index in [1.807, 2.05) is 0 Å². The Kier molecular flexibility index (Phi) is 5.74. The Bertz CT molecular complexity index is 1110. The molecule has 0 fully saturated rings.